The van der Waals surface area contributed by atoms with E-state index in [0.717, 1.165) is 12.2 Å². The predicted molar refractivity (Wildman–Crippen MR) is 54.5 cm³/mol. The Balaban J connectivity index is 3.29. The van der Waals surface area contributed by atoms with E-state index < -0.39 is 14.3 Å². The van der Waals surface area contributed by atoms with Crippen molar-refractivity contribution < 1.29 is 13.2 Å². The van der Waals surface area contributed by atoms with Gasteiger partial charge in [-0.1, -0.05) is 0 Å². The molecule has 74 valence electrons. The fourth-order valence-electron chi connectivity index (χ4n) is 0.774. The number of halogens is 2. The van der Waals surface area contributed by atoms with Gasteiger partial charge in [0.25, 0.3) is 14.3 Å². The van der Waals surface area contributed by atoms with Crippen LogP contribution in [0.5, 0.6) is 0 Å². The fourth-order valence-corrected chi connectivity index (χ4v) is 1.64. The van der Waals surface area contributed by atoms with Crippen molar-refractivity contribution in [3.05, 3.63) is 40.5 Å². The van der Waals surface area contributed by atoms with Gasteiger partial charge in [-0.05, 0) is 29.8 Å². The summed E-state index contributed by atoms with van der Waals surface area (Å²) in [4.78, 5) is 10.6. The number of hydrogen-bond acceptors (Lipinski definition) is 3. The highest BCUT2D eigenvalue weighted by atomic mass is 35.7. The van der Waals surface area contributed by atoms with E-state index in [9.17, 15) is 13.2 Å². The maximum absolute atomic E-state index is 10.9. The van der Waals surface area contributed by atoms with Gasteiger partial charge < -0.3 is 0 Å². The Morgan fingerprint density at radius 3 is 2.57 bits per heavy atom. The van der Waals surface area contributed by atoms with Crippen molar-refractivity contribution in [3.8, 4) is 0 Å². The Bertz CT molecular complexity index is 491. The molecule has 0 aromatic carbocycles. The van der Waals surface area contributed by atoms with Crippen LogP contribution in [0.2, 0.25) is 0 Å². The van der Waals surface area contributed by atoms with Gasteiger partial charge in [-0.15, -0.1) is 5.73 Å². The van der Waals surface area contributed by atoms with E-state index in [0.29, 0.717) is 0 Å². The van der Waals surface area contributed by atoms with Crippen molar-refractivity contribution in [1.82, 2.24) is 0 Å². The molecule has 0 spiro atoms. The predicted octanol–water partition coefficient (Wildman–Crippen LogP) is 1.86. The lowest BCUT2D eigenvalue weighted by atomic mass is 10.2. The number of allylic oxidation sites excluding steroid dienone is 4. The summed E-state index contributed by atoms with van der Waals surface area (Å²) in [7, 11) is 1.22. The van der Waals surface area contributed by atoms with Crippen LogP contribution in [-0.4, -0.2) is 13.7 Å². The lowest BCUT2D eigenvalue weighted by Gasteiger charge is -1.95. The first-order valence-corrected chi connectivity index (χ1v) is 6.09. The van der Waals surface area contributed by atoms with Crippen LogP contribution in [0, 0.1) is 0 Å². The molecule has 0 bridgehead atoms. The zero-order valence-electron chi connectivity index (χ0n) is 6.70. The van der Waals surface area contributed by atoms with Gasteiger partial charge in [0.2, 0.25) is 0 Å². The van der Waals surface area contributed by atoms with Gasteiger partial charge in [0, 0.05) is 22.3 Å². The molecule has 1 rings (SSSR count). The maximum Gasteiger partial charge on any atom is 0.261 e. The second-order valence-electron chi connectivity index (χ2n) is 2.36. The van der Waals surface area contributed by atoms with Crippen LogP contribution >= 0.6 is 22.3 Å². The summed E-state index contributed by atoms with van der Waals surface area (Å²) >= 11 is 5.19. The largest absolute Gasteiger partial charge is 0.276 e. The van der Waals surface area contributed by atoms with Crippen LogP contribution in [0.4, 0.5) is 0 Å². The van der Waals surface area contributed by atoms with Crippen molar-refractivity contribution in [2.75, 3.05) is 0 Å². The highest BCUT2D eigenvalue weighted by molar-refractivity contribution is 8.17. The Labute approximate surface area is 90.4 Å². The van der Waals surface area contributed by atoms with Crippen molar-refractivity contribution in [2.24, 2.45) is 0 Å². The topological polar surface area (TPSA) is 51.2 Å². The summed E-state index contributed by atoms with van der Waals surface area (Å²) < 4.78 is 21.9. The van der Waals surface area contributed by atoms with Gasteiger partial charge in [0.05, 0.1) is 4.91 Å². The van der Waals surface area contributed by atoms with E-state index in [1.165, 1.54) is 12.2 Å². The number of carbonyl (C=O) groups excluding carboxylic acids is 1. The lowest BCUT2D eigenvalue weighted by molar-refractivity contribution is -0.108. The molecular formula is C8H4Cl2O3S. The SMILES string of the molecule is O=C(Cl)C1=CC=C=CC(S(=O)(=O)Cl)=C1. The molecule has 0 saturated heterocycles. The molecule has 1 aliphatic carbocycles. The summed E-state index contributed by atoms with van der Waals surface area (Å²) in [5.41, 5.74) is 2.57. The standard InChI is InChI=1S/C8H4Cl2O3S/c9-8(11)6-3-1-2-4-7(5-6)14(10,12)13/h1,3-5H. The normalized spacial score (nSPS) is 15.9. The van der Waals surface area contributed by atoms with Gasteiger partial charge in [-0.2, -0.15) is 0 Å². The molecule has 0 amide bonds. The van der Waals surface area contributed by atoms with E-state index in [-0.39, 0.29) is 10.5 Å². The van der Waals surface area contributed by atoms with E-state index in [4.69, 9.17) is 22.3 Å². The van der Waals surface area contributed by atoms with Crippen LogP contribution < -0.4 is 0 Å². The minimum Gasteiger partial charge on any atom is -0.276 e. The summed E-state index contributed by atoms with van der Waals surface area (Å²) in [6.07, 6.45) is 4.97. The van der Waals surface area contributed by atoms with Crippen molar-refractivity contribution >= 4 is 36.6 Å². The Morgan fingerprint density at radius 2 is 2.07 bits per heavy atom. The summed E-state index contributed by atoms with van der Waals surface area (Å²) in [6, 6.07) is 0. The smallest absolute Gasteiger partial charge is 0.261 e. The quantitative estimate of drug-likeness (QED) is 0.556. The molecular weight excluding hydrogens is 247 g/mol. The second-order valence-corrected chi connectivity index (χ2v) is 5.27. The lowest BCUT2D eigenvalue weighted by Crippen LogP contribution is -1.95. The first-order valence-electron chi connectivity index (χ1n) is 3.40. The van der Waals surface area contributed by atoms with Crippen molar-refractivity contribution in [3.63, 3.8) is 0 Å². The van der Waals surface area contributed by atoms with Crippen LogP contribution in [0.25, 0.3) is 0 Å². The molecule has 6 heteroatoms. The molecule has 3 nitrogen and oxygen atoms in total. The highest BCUT2D eigenvalue weighted by Gasteiger charge is 2.14. The zero-order valence-corrected chi connectivity index (χ0v) is 9.03. The molecule has 0 fully saturated rings. The van der Waals surface area contributed by atoms with Crippen LogP contribution in [0.3, 0.4) is 0 Å². The van der Waals surface area contributed by atoms with Gasteiger partial charge >= 0.3 is 0 Å². The molecule has 0 atom stereocenters. The van der Waals surface area contributed by atoms with Gasteiger partial charge in [-0.25, -0.2) is 8.42 Å². The summed E-state index contributed by atoms with van der Waals surface area (Å²) in [6.45, 7) is 0. The Kier molecular flexibility index (Phi) is 3.34. The monoisotopic (exact) mass is 250 g/mol. The first-order chi connectivity index (χ1) is 6.41. The molecule has 0 radical (unpaired) electrons. The number of hydrogen-bond donors (Lipinski definition) is 0. The maximum atomic E-state index is 10.9. The number of carbonyl (C=O) groups is 1. The third kappa shape index (κ3) is 2.86. The average Bonchev–Trinajstić information content (AvgIpc) is 2.26. The van der Waals surface area contributed by atoms with Gasteiger partial charge in [0.15, 0.2) is 0 Å². The molecule has 14 heavy (non-hydrogen) atoms. The van der Waals surface area contributed by atoms with Crippen molar-refractivity contribution in [2.45, 2.75) is 0 Å². The van der Waals surface area contributed by atoms with E-state index in [2.05, 4.69) is 5.73 Å². The molecule has 0 heterocycles. The second kappa shape index (κ2) is 4.15. The molecule has 0 aromatic rings. The Morgan fingerprint density at radius 1 is 1.43 bits per heavy atom. The van der Waals surface area contributed by atoms with E-state index in [1.54, 1.807) is 0 Å². The minimum atomic E-state index is -3.87. The fraction of sp³-hybridized carbons (Fsp3) is 0. The summed E-state index contributed by atoms with van der Waals surface area (Å²) in [5.74, 6) is 0. The molecule has 0 saturated carbocycles. The average molecular weight is 251 g/mol. The third-order valence-electron chi connectivity index (χ3n) is 1.39. The van der Waals surface area contributed by atoms with Gasteiger partial charge in [-0.3, -0.25) is 4.79 Å². The molecule has 0 unspecified atom stereocenters. The third-order valence-corrected chi connectivity index (χ3v) is 2.94. The van der Waals surface area contributed by atoms with Crippen LogP contribution in [-0.2, 0) is 13.8 Å². The van der Waals surface area contributed by atoms with E-state index in [1.807, 2.05) is 0 Å². The van der Waals surface area contributed by atoms with Gasteiger partial charge in [0.1, 0.15) is 0 Å². The van der Waals surface area contributed by atoms with E-state index >= 15 is 0 Å². The number of rotatable bonds is 2. The molecule has 1 aliphatic rings. The first kappa shape index (κ1) is 11.3. The van der Waals surface area contributed by atoms with Crippen LogP contribution in [0.1, 0.15) is 0 Å². The molecule has 0 aliphatic heterocycles. The highest BCUT2D eigenvalue weighted by Crippen LogP contribution is 2.18. The van der Waals surface area contributed by atoms with Crippen LogP contribution in [0.15, 0.2) is 40.5 Å². The summed E-state index contributed by atoms with van der Waals surface area (Å²) in [5, 5.41) is -0.754. The Hall–Kier alpha value is -0.800. The molecule has 0 N–H and O–H groups in total. The van der Waals surface area contributed by atoms with Crippen molar-refractivity contribution in [1.29, 1.82) is 0 Å². The molecule has 0 aromatic heterocycles. The minimum absolute atomic E-state index is 0.0483. The zero-order chi connectivity index (χ0) is 10.8.